The highest BCUT2D eigenvalue weighted by atomic mass is 32.2. The average Bonchev–Trinajstić information content (AvgIpc) is 3.89. The molecular formula is C36H55F3N6O7S2. The van der Waals surface area contributed by atoms with Crippen molar-refractivity contribution < 1.29 is 45.6 Å². The van der Waals surface area contributed by atoms with E-state index >= 15 is 0 Å². The number of Topliss-reactive ketones (excluding diaryl/α,β-unsaturated/α-hetero) is 1. The predicted octanol–water partition coefficient (Wildman–Crippen LogP) is 4.21. The first kappa shape index (κ1) is 44.9. The molecule has 3 rings (SSSR count). The van der Waals surface area contributed by atoms with Crippen LogP contribution >= 0.6 is 11.3 Å². The number of carbonyl (C=O) groups excluding carboxylic acids is 5. The molecule has 54 heavy (non-hydrogen) atoms. The molecule has 0 spiro atoms. The number of carbonyl (C=O) groups is 5. The van der Waals surface area contributed by atoms with Gasteiger partial charge in [-0.2, -0.15) is 17.5 Å². The van der Waals surface area contributed by atoms with Gasteiger partial charge in [-0.15, -0.1) is 17.9 Å². The summed E-state index contributed by atoms with van der Waals surface area (Å²) in [7, 11) is -2.40. The number of urea groups is 1. The van der Waals surface area contributed by atoms with Gasteiger partial charge in [-0.1, -0.05) is 59.6 Å². The van der Waals surface area contributed by atoms with Crippen LogP contribution in [-0.4, -0.2) is 104 Å². The highest BCUT2D eigenvalue weighted by Gasteiger charge is 2.48. The summed E-state index contributed by atoms with van der Waals surface area (Å²) in [6.45, 7) is 12.6. The summed E-state index contributed by atoms with van der Waals surface area (Å²) < 4.78 is 67.5. The number of likely N-dealkylation sites (tertiary alicyclic amines) is 1. The maximum absolute atomic E-state index is 14.5. The zero-order chi connectivity index (χ0) is 40.6. The first-order valence-corrected chi connectivity index (χ1v) is 20.6. The van der Waals surface area contributed by atoms with Crippen LogP contribution in [-0.2, 0) is 29.2 Å². The molecule has 1 aromatic heterocycles. The molecular weight excluding hydrogens is 750 g/mol. The van der Waals surface area contributed by atoms with Gasteiger partial charge < -0.3 is 26.2 Å². The zero-order valence-corrected chi connectivity index (χ0v) is 33.5. The Kier molecular flexibility index (Phi) is 15.7. The van der Waals surface area contributed by atoms with Crippen molar-refractivity contribution in [2.24, 2.45) is 23.2 Å². The second-order valence-electron chi connectivity index (χ2n) is 15.5. The Bertz CT molecular complexity index is 1590. The summed E-state index contributed by atoms with van der Waals surface area (Å²) in [5.41, 5.74) is -0.616. The van der Waals surface area contributed by atoms with E-state index in [-0.39, 0.29) is 35.7 Å². The van der Waals surface area contributed by atoms with E-state index in [0.29, 0.717) is 19.3 Å². The lowest BCUT2D eigenvalue weighted by Crippen LogP contribution is -2.61. The Morgan fingerprint density at radius 3 is 2.24 bits per heavy atom. The first-order chi connectivity index (χ1) is 25.1. The van der Waals surface area contributed by atoms with Crippen molar-refractivity contribution in [3.05, 3.63) is 30.2 Å². The molecule has 1 aromatic rings. The number of nitrogens with zero attached hydrogens (tertiary/aromatic N) is 2. The fourth-order valence-electron chi connectivity index (χ4n) is 6.99. The van der Waals surface area contributed by atoms with Gasteiger partial charge in [-0.05, 0) is 60.3 Å². The van der Waals surface area contributed by atoms with Crippen molar-refractivity contribution >= 4 is 50.9 Å². The highest BCUT2D eigenvalue weighted by molar-refractivity contribution is 7.91. The van der Waals surface area contributed by atoms with Gasteiger partial charge in [0.2, 0.25) is 17.6 Å². The Balaban J connectivity index is 1.87. The van der Waals surface area contributed by atoms with E-state index in [1.807, 2.05) is 34.6 Å². The van der Waals surface area contributed by atoms with Crippen LogP contribution < -0.4 is 21.3 Å². The fourth-order valence-corrected chi connectivity index (χ4v) is 9.37. The Hall–Kier alpha value is -3.51. The molecule has 0 aromatic carbocycles. The second kappa shape index (κ2) is 18.9. The van der Waals surface area contributed by atoms with Crippen LogP contribution in [0.25, 0.3) is 0 Å². The topological polar surface area (TPSA) is 174 Å². The van der Waals surface area contributed by atoms with E-state index in [1.54, 1.807) is 11.4 Å². The molecule has 1 aliphatic carbocycles. The molecule has 2 unspecified atom stereocenters. The normalized spacial score (nSPS) is 20.0. The first-order valence-electron chi connectivity index (χ1n) is 18.3. The monoisotopic (exact) mass is 804 g/mol. The van der Waals surface area contributed by atoms with Crippen molar-refractivity contribution in [1.29, 1.82) is 0 Å². The minimum atomic E-state index is -4.67. The second-order valence-corrected chi connectivity index (χ2v) is 18.7. The standard InChI is InChI=1S/C36H55F3N6O7S2/c1-8-18-40-32(48)30(46)25(15-17-36(37,38)39)41-31(47)29-24(22(2)3)16-19-45(29)33(49)28(23-12-9-10-13-23)43-34(50)42-26(35(4,5)6)21-44(7)54(51,52)27-14-11-20-53-27/h8,11,14,20,22-26,28-29H,1,9-10,12-13,15-19,21H2,2-7H3,(H,40,48)(H,41,47)(H2,42,43,50)/t24?,25?,26-,28+,29+/m1/s1. The van der Waals surface area contributed by atoms with Crippen LogP contribution in [0, 0.1) is 23.2 Å². The molecule has 0 radical (unpaired) electrons. The number of rotatable bonds is 17. The molecule has 2 heterocycles. The quantitative estimate of drug-likeness (QED) is 0.135. The van der Waals surface area contributed by atoms with Gasteiger partial charge in [-0.3, -0.25) is 19.2 Å². The summed E-state index contributed by atoms with van der Waals surface area (Å²) in [5.74, 6) is -4.73. The smallest absolute Gasteiger partial charge is 0.346 e. The van der Waals surface area contributed by atoms with Gasteiger partial charge in [0, 0.05) is 39.1 Å². The van der Waals surface area contributed by atoms with Crippen molar-refractivity contribution in [3.8, 4) is 0 Å². The van der Waals surface area contributed by atoms with E-state index in [2.05, 4.69) is 27.8 Å². The summed E-state index contributed by atoms with van der Waals surface area (Å²) >= 11 is 1.08. The molecule has 2 aliphatic rings. The van der Waals surface area contributed by atoms with E-state index in [9.17, 15) is 45.6 Å². The minimum absolute atomic E-state index is 0.0660. The van der Waals surface area contributed by atoms with Gasteiger partial charge in [-0.25, -0.2) is 13.2 Å². The van der Waals surface area contributed by atoms with Crippen LogP contribution in [0.1, 0.15) is 79.6 Å². The number of halogens is 3. The molecule has 13 nitrogen and oxygen atoms in total. The van der Waals surface area contributed by atoms with E-state index in [0.717, 1.165) is 24.2 Å². The molecule has 1 saturated heterocycles. The number of nitrogens with one attached hydrogen (secondary N) is 4. The van der Waals surface area contributed by atoms with Gasteiger partial charge in [0.25, 0.3) is 15.9 Å². The van der Waals surface area contributed by atoms with Crippen LogP contribution in [0.4, 0.5) is 18.0 Å². The van der Waals surface area contributed by atoms with Crippen molar-refractivity contribution in [2.75, 3.05) is 26.7 Å². The molecule has 5 amide bonds. The highest BCUT2D eigenvalue weighted by Crippen LogP contribution is 2.35. The molecule has 1 aliphatic heterocycles. The van der Waals surface area contributed by atoms with Crippen LogP contribution in [0.15, 0.2) is 34.4 Å². The van der Waals surface area contributed by atoms with Crippen LogP contribution in [0.3, 0.4) is 0 Å². The number of hydrogen-bond donors (Lipinski definition) is 4. The molecule has 18 heteroatoms. The number of ketones is 1. The third kappa shape index (κ3) is 12.0. The lowest BCUT2D eigenvalue weighted by Gasteiger charge is -2.36. The van der Waals surface area contributed by atoms with Gasteiger partial charge >= 0.3 is 12.2 Å². The molecule has 5 atom stereocenters. The molecule has 1 saturated carbocycles. The number of sulfonamides is 1. The maximum atomic E-state index is 14.5. The van der Waals surface area contributed by atoms with Crippen molar-refractivity contribution in [3.63, 3.8) is 0 Å². The van der Waals surface area contributed by atoms with Crippen molar-refractivity contribution in [2.45, 2.75) is 114 Å². The molecule has 304 valence electrons. The SMILES string of the molecule is C=CCNC(=O)C(=O)C(CCC(F)(F)F)NC(=O)[C@@H]1C(C(C)C)CCN1C(=O)[C@@H](NC(=O)N[C@H](CN(C)S(=O)(=O)c1cccs1)C(C)(C)C)C1CCCC1. The maximum Gasteiger partial charge on any atom is 0.389 e. The van der Waals surface area contributed by atoms with Gasteiger partial charge in [0.15, 0.2) is 0 Å². The predicted molar refractivity (Wildman–Crippen MR) is 199 cm³/mol. The van der Waals surface area contributed by atoms with Crippen LogP contribution in [0.2, 0.25) is 0 Å². The summed E-state index contributed by atoms with van der Waals surface area (Å²) in [6, 6.07) is -2.34. The Labute approximate surface area is 320 Å². The van der Waals surface area contributed by atoms with E-state index < -0.39 is 94.1 Å². The summed E-state index contributed by atoms with van der Waals surface area (Å²) in [4.78, 5) is 69.0. The molecule has 2 fully saturated rings. The lowest BCUT2D eigenvalue weighted by molar-refractivity contribution is -0.147. The van der Waals surface area contributed by atoms with Crippen LogP contribution in [0.5, 0.6) is 0 Å². The summed E-state index contributed by atoms with van der Waals surface area (Å²) in [5, 5.41) is 12.0. The number of hydrogen-bond acceptors (Lipinski definition) is 8. The minimum Gasteiger partial charge on any atom is -0.346 e. The lowest BCUT2D eigenvalue weighted by atomic mass is 9.86. The number of thiophene rings is 1. The Morgan fingerprint density at radius 2 is 1.70 bits per heavy atom. The number of alkyl halides is 3. The summed E-state index contributed by atoms with van der Waals surface area (Å²) in [6.07, 6.45) is -2.47. The number of likely N-dealkylation sites (N-methyl/N-ethyl adjacent to an activating group) is 1. The Morgan fingerprint density at radius 1 is 1.06 bits per heavy atom. The van der Waals surface area contributed by atoms with E-state index in [1.165, 1.54) is 28.4 Å². The number of amides is 5. The third-order valence-electron chi connectivity index (χ3n) is 10.2. The third-order valence-corrected chi connectivity index (χ3v) is 13.4. The molecule has 4 N–H and O–H groups in total. The average molecular weight is 805 g/mol. The zero-order valence-electron chi connectivity index (χ0n) is 31.8. The molecule has 0 bridgehead atoms. The van der Waals surface area contributed by atoms with Crippen molar-refractivity contribution in [1.82, 2.24) is 30.5 Å². The fraction of sp³-hybridized carbons (Fsp3) is 0.694. The van der Waals surface area contributed by atoms with E-state index in [4.69, 9.17) is 0 Å². The largest absolute Gasteiger partial charge is 0.389 e. The van der Waals surface area contributed by atoms with Gasteiger partial charge in [0.05, 0.1) is 6.04 Å². The van der Waals surface area contributed by atoms with Gasteiger partial charge in [0.1, 0.15) is 16.3 Å².